The summed E-state index contributed by atoms with van der Waals surface area (Å²) in [4.78, 5) is 21.4. The van der Waals surface area contributed by atoms with Gasteiger partial charge in [0.25, 0.3) is 0 Å². The van der Waals surface area contributed by atoms with Crippen molar-refractivity contribution in [2.75, 3.05) is 0 Å². The molecule has 0 spiro atoms. The molecule has 1 aliphatic carbocycles. The van der Waals surface area contributed by atoms with Gasteiger partial charge in [0.15, 0.2) is 5.69 Å². The molecule has 132 valence electrons. The molecule has 0 bridgehead atoms. The highest BCUT2D eigenvalue weighted by molar-refractivity contribution is 5.53. The van der Waals surface area contributed by atoms with Gasteiger partial charge in [-0.1, -0.05) is 19.3 Å². The molecule has 0 amide bonds. The summed E-state index contributed by atoms with van der Waals surface area (Å²) in [7, 11) is 0. The molecule has 0 saturated heterocycles. The molecule has 5 nitrogen and oxygen atoms in total. The Bertz CT molecular complexity index is 962. The lowest BCUT2D eigenvalue weighted by Gasteiger charge is -2.20. The molecule has 3 aromatic rings. The zero-order chi connectivity index (χ0) is 17.9. The second-order valence-electron chi connectivity index (χ2n) is 6.58. The van der Waals surface area contributed by atoms with Crippen molar-refractivity contribution in [2.45, 2.75) is 38.0 Å². The summed E-state index contributed by atoms with van der Waals surface area (Å²) in [6, 6.07) is 9.12. The van der Waals surface area contributed by atoms with E-state index < -0.39 is 0 Å². The van der Waals surface area contributed by atoms with Gasteiger partial charge in [-0.05, 0) is 43.2 Å². The maximum atomic E-state index is 13.1. The molecule has 1 aliphatic rings. The molecule has 0 aliphatic heterocycles. The second-order valence-corrected chi connectivity index (χ2v) is 6.58. The van der Waals surface area contributed by atoms with Gasteiger partial charge in [0.1, 0.15) is 11.6 Å². The zero-order valence-electron chi connectivity index (χ0n) is 14.3. The van der Waals surface area contributed by atoms with Crippen LogP contribution in [-0.4, -0.2) is 19.7 Å². The Hall–Kier alpha value is -2.89. The molecule has 26 heavy (non-hydrogen) atoms. The van der Waals surface area contributed by atoms with E-state index in [-0.39, 0.29) is 16.9 Å². The predicted molar refractivity (Wildman–Crippen MR) is 96.6 cm³/mol. The molecule has 2 aromatic heterocycles. The SMILES string of the molecule is O=c1ccn(-c2ccc(F)cc2)nc1-c1ccnc(C2CCCCC2)n1. The third kappa shape index (κ3) is 3.40. The van der Waals surface area contributed by atoms with Crippen LogP contribution in [0.5, 0.6) is 0 Å². The first kappa shape index (κ1) is 16.6. The Kier molecular flexibility index (Phi) is 4.56. The van der Waals surface area contributed by atoms with E-state index in [9.17, 15) is 9.18 Å². The van der Waals surface area contributed by atoms with Crippen molar-refractivity contribution in [3.05, 3.63) is 70.7 Å². The van der Waals surface area contributed by atoms with Crippen LogP contribution in [0.4, 0.5) is 4.39 Å². The summed E-state index contributed by atoms with van der Waals surface area (Å²) < 4.78 is 14.7. The van der Waals surface area contributed by atoms with Crippen LogP contribution < -0.4 is 5.43 Å². The summed E-state index contributed by atoms with van der Waals surface area (Å²) in [5, 5.41) is 4.42. The van der Waals surface area contributed by atoms with Gasteiger partial charge >= 0.3 is 0 Å². The number of aromatic nitrogens is 4. The molecule has 0 radical (unpaired) electrons. The molecule has 2 heterocycles. The summed E-state index contributed by atoms with van der Waals surface area (Å²) in [6.07, 6.45) is 9.10. The quantitative estimate of drug-likeness (QED) is 0.719. The molecular weight excluding hydrogens is 331 g/mol. The first-order valence-electron chi connectivity index (χ1n) is 8.90. The van der Waals surface area contributed by atoms with Crippen molar-refractivity contribution in [2.24, 2.45) is 0 Å². The lowest BCUT2D eigenvalue weighted by molar-refractivity contribution is 0.429. The minimum absolute atomic E-state index is 0.198. The van der Waals surface area contributed by atoms with Gasteiger partial charge in [-0.15, -0.1) is 0 Å². The highest BCUT2D eigenvalue weighted by Gasteiger charge is 2.19. The number of rotatable bonds is 3. The maximum absolute atomic E-state index is 13.1. The fraction of sp³-hybridized carbons (Fsp3) is 0.300. The Morgan fingerprint density at radius 3 is 2.54 bits per heavy atom. The van der Waals surface area contributed by atoms with Gasteiger partial charge in [0, 0.05) is 24.4 Å². The van der Waals surface area contributed by atoms with Gasteiger partial charge in [-0.3, -0.25) is 4.79 Å². The summed E-state index contributed by atoms with van der Waals surface area (Å²) in [5.41, 5.74) is 1.28. The average Bonchev–Trinajstić information content (AvgIpc) is 2.70. The Morgan fingerprint density at radius 2 is 1.77 bits per heavy atom. The van der Waals surface area contributed by atoms with Crippen LogP contribution in [0.2, 0.25) is 0 Å². The van der Waals surface area contributed by atoms with Crippen LogP contribution in [0.25, 0.3) is 17.1 Å². The topological polar surface area (TPSA) is 60.7 Å². The van der Waals surface area contributed by atoms with Gasteiger partial charge in [-0.25, -0.2) is 19.0 Å². The van der Waals surface area contributed by atoms with Crippen molar-refractivity contribution >= 4 is 0 Å². The number of nitrogens with zero attached hydrogens (tertiary/aromatic N) is 4. The highest BCUT2D eigenvalue weighted by Crippen LogP contribution is 2.30. The lowest BCUT2D eigenvalue weighted by Crippen LogP contribution is -2.15. The van der Waals surface area contributed by atoms with Crippen LogP contribution >= 0.6 is 0 Å². The number of halogens is 1. The second kappa shape index (κ2) is 7.15. The van der Waals surface area contributed by atoms with E-state index in [1.54, 1.807) is 35.3 Å². The van der Waals surface area contributed by atoms with Crippen LogP contribution in [-0.2, 0) is 0 Å². The average molecular weight is 350 g/mol. The summed E-state index contributed by atoms with van der Waals surface area (Å²) in [5.74, 6) is 0.829. The van der Waals surface area contributed by atoms with E-state index in [1.165, 1.54) is 37.5 Å². The predicted octanol–water partition coefficient (Wildman–Crippen LogP) is 3.88. The van der Waals surface area contributed by atoms with E-state index in [4.69, 9.17) is 0 Å². The molecule has 0 N–H and O–H groups in total. The Balaban J connectivity index is 1.72. The normalized spacial score (nSPS) is 15.1. The van der Waals surface area contributed by atoms with E-state index in [1.807, 2.05) is 0 Å². The maximum Gasteiger partial charge on any atom is 0.209 e. The number of benzene rings is 1. The first-order valence-corrected chi connectivity index (χ1v) is 8.90. The monoisotopic (exact) mass is 350 g/mol. The summed E-state index contributed by atoms with van der Waals surface area (Å²) in [6.45, 7) is 0. The zero-order valence-corrected chi connectivity index (χ0v) is 14.3. The first-order chi connectivity index (χ1) is 12.7. The molecule has 1 saturated carbocycles. The van der Waals surface area contributed by atoms with E-state index in [0.717, 1.165) is 18.7 Å². The van der Waals surface area contributed by atoms with Crippen LogP contribution in [0, 0.1) is 5.82 Å². The van der Waals surface area contributed by atoms with Crippen molar-refractivity contribution in [1.29, 1.82) is 0 Å². The van der Waals surface area contributed by atoms with Crippen molar-refractivity contribution < 1.29 is 4.39 Å². The van der Waals surface area contributed by atoms with Gasteiger partial charge in [-0.2, -0.15) is 5.10 Å². The lowest BCUT2D eigenvalue weighted by atomic mass is 9.88. The number of hydrogen-bond acceptors (Lipinski definition) is 4. The molecular formula is C20H19FN4O. The van der Waals surface area contributed by atoms with Gasteiger partial charge in [0.2, 0.25) is 5.43 Å². The highest BCUT2D eigenvalue weighted by atomic mass is 19.1. The van der Waals surface area contributed by atoms with Crippen molar-refractivity contribution in [1.82, 2.24) is 19.7 Å². The molecule has 0 atom stereocenters. The van der Waals surface area contributed by atoms with E-state index >= 15 is 0 Å². The molecule has 0 unspecified atom stereocenters. The van der Waals surface area contributed by atoms with Crippen LogP contribution in [0.1, 0.15) is 43.8 Å². The minimum Gasteiger partial charge on any atom is -0.287 e. The molecule has 1 aromatic carbocycles. The molecule has 4 rings (SSSR count). The molecule has 6 heteroatoms. The van der Waals surface area contributed by atoms with E-state index in [2.05, 4.69) is 15.1 Å². The Morgan fingerprint density at radius 1 is 1.00 bits per heavy atom. The van der Waals surface area contributed by atoms with Crippen LogP contribution in [0.3, 0.4) is 0 Å². The summed E-state index contributed by atoms with van der Waals surface area (Å²) >= 11 is 0. The van der Waals surface area contributed by atoms with Gasteiger partial charge < -0.3 is 0 Å². The number of hydrogen-bond donors (Lipinski definition) is 0. The third-order valence-electron chi connectivity index (χ3n) is 4.79. The van der Waals surface area contributed by atoms with Crippen molar-refractivity contribution in [3.8, 4) is 17.1 Å². The molecule has 1 fully saturated rings. The smallest absolute Gasteiger partial charge is 0.209 e. The fourth-order valence-electron chi connectivity index (χ4n) is 3.39. The van der Waals surface area contributed by atoms with Gasteiger partial charge in [0.05, 0.1) is 11.4 Å². The Labute approximate surface area is 150 Å². The van der Waals surface area contributed by atoms with E-state index in [0.29, 0.717) is 17.3 Å². The van der Waals surface area contributed by atoms with Crippen LogP contribution in [0.15, 0.2) is 53.6 Å². The van der Waals surface area contributed by atoms with Crippen molar-refractivity contribution in [3.63, 3.8) is 0 Å². The minimum atomic E-state index is -0.317. The largest absolute Gasteiger partial charge is 0.287 e. The third-order valence-corrected chi connectivity index (χ3v) is 4.79. The standard InChI is InChI=1S/C20H19FN4O/c21-15-6-8-16(9-7-15)25-13-11-18(26)19(24-25)17-10-12-22-20(23-17)14-4-2-1-3-5-14/h6-14H,1-5H2. The fourth-order valence-corrected chi connectivity index (χ4v) is 3.39.